The molecule has 1 aromatic carbocycles. The molecule has 1 aliphatic carbocycles. The highest BCUT2D eigenvalue weighted by Crippen LogP contribution is 2.36. The summed E-state index contributed by atoms with van der Waals surface area (Å²) >= 11 is 6.13. The monoisotopic (exact) mass is 238 g/mol. The summed E-state index contributed by atoms with van der Waals surface area (Å²) < 4.78 is 0. The molecule has 0 aliphatic heterocycles. The van der Waals surface area contributed by atoms with Gasteiger partial charge in [-0.25, -0.2) is 0 Å². The number of halogens is 1. The van der Waals surface area contributed by atoms with Gasteiger partial charge in [0.15, 0.2) is 5.78 Å². The second kappa shape index (κ2) is 4.46. The third-order valence-electron chi connectivity index (χ3n) is 3.19. The van der Waals surface area contributed by atoms with Gasteiger partial charge in [-0.2, -0.15) is 0 Å². The molecule has 0 fully saturated rings. The minimum atomic E-state index is -0.133. The van der Waals surface area contributed by atoms with E-state index in [1.54, 1.807) is 0 Å². The van der Waals surface area contributed by atoms with Crippen molar-refractivity contribution in [1.82, 2.24) is 0 Å². The summed E-state index contributed by atoms with van der Waals surface area (Å²) in [5, 5.41) is 10.2. The molecule has 0 aromatic heterocycles. The van der Waals surface area contributed by atoms with Gasteiger partial charge in [-0.3, -0.25) is 4.79 Å². The largest absolute Gasteiger partial charge is 0.506 e. The Kier molecular flexibility index (Phi) is 3.20. The summed E-state index contributed by atoms with van der Waals surface area (Å²) in [5.41, 5.74) is 2.51. The van der Waals surface area contributed by atoms with Gasteiger partial charge in [0.25, 0.3) is 0 Å². The van der Waals surface area contributed by atoms with Crippen LogP contribution < -0.4 is 0 Å². The van der Waals surface area contributed by atoms with E-state index in [-0.39, 0.29) is 11.5 Å². The van der Waals surface area contributed by atoms with Gasteiger partial charge < -0.3 is 5.11 Å². The number of Topliss-reactive ketones (excluding diaryl/α,β-unsaturated/α-hetero) is 1. The fraction of sp³-hybridized carbons (Fsp3) is 0.462. The van der Waals surface area contributed by atoms with Crippen molar-refractivity contribution in [2.45, 2.75) is 39.0 Å². The standard InChI is InChI=1S/C13H15ClO2/c1-8(15)11-7-9-5-3-2-4-6-10(9)12(14)13(11)16/h7,16H,2-6H2,1H3. The smallest absolute Gasteiger partial charge is 0.163 e. The van der Waals surface area contributed by atoms with Crippen molar-refractivity contribution in [1.29, 1.82) is 0 Å². The SMILES string of the molecule is CC(=O)c1cc2c(c(Cl)c1O)CCCCC2. The summed E-state index contributed by atoms with van der Waals surface area (Å²) in [6.45, 7) is 1.45. The number of carbonyl (C=O) groups is 1. The van der Waals surface area contributed by atoms with Gasteiger partial charge in [-0.15, -0.1) is 0 Å². The van der Waals surface area contributed by atoms with Crippen molar-refractivity contribution in [3.63, 3.8) is 0 Å². The fourth-order valence-electron chi connectivity index (χ4n) is 2.29. The van der Waals surface area contributed by atoms with E-state index in [4.69, 9.17) is 11.6 Å². The highest BCUT2D eigenvalue weighted by atomic mass is 35.5. The third kappa shape index (κ3) is 1.94. The first kappa shape index (κ1) is 11.5. The Balaban J connectivity index is 2.59. The van der Waals surface area contributed by atoms with Gasteiger partial charge in [0.05, 0.1) is 10.6 Å². The Hall–Kier alpha value is -1.02. The summed E-state index contributed by atoms with van der Waals surface area (Å²) in [6, 6.07) is 1.81. The van der Waals surface area contributed by atoms with E-state index in [2.05, 4.69) is 0 Å². The number of phenolic OH excluding ortho intramolecular Hbond substituents is 1. The molecule has 16 heavy (non-hydrogen) atoms. The molecule has 0 saturated heterocycles. The van der Waals surface area contributed by atoms with E-state index in [0.717, 1.165) is 36.8 Å². The van der Waals surface area contributed by atoms with Crippen LogP contribution in [0.1, 0.15) is 47.7 Å². The Bertz CT molecular complexity index is 438. The maximum absolute atomic E-state index is 11.4. The molecule has 0 saturated carbocycles. The van der Waals surface area contributed by atoms with Crippen molar-refractivity contribution in [3.05, 3.63) is 27.8 Å². The van der Waals surface area contributed by atoms with Crippen LogP contribution in [0.3, 0.4) is 0 Å². The van der Waals surface area contributed by atoms with Crippen LogP contribution in [0.15, 0.2) is 6.07 Å². The molecule has 1 N–H and O–H groups in total. The fourth-order valence-corrected chi connectivity index (χ4v) is 2.61. The van der Waals surface area contributed by atoms with Crippen LogP contribution in [-0.4, -0.2) is 10.9 Å². The topological polar surface area (TPSA) is 37.3 Å². The highest BCUT2D eigenvalue weighted by Gasteiger charge is 2.19. The molecular weight excluding hydrogens is 224 g/mol. The van der Waals surface area contributed by atoms with Crippen molar-refractivity contribution in [3.8, 4) is 5.75 Å². The maximum Gasteiger partial charge on any atom is 0.163 e. The zero-order valence-electron chi connectivity index (χ0n) is 9.35. The number of ketones is 1. The molecule has 0 unspecified atom stereocenters. The molecule has 2 nitrogen and oxygen atoms in total. The zero-order chi connectivity index (χ0) is 11.7. The van der Waals surface area contributed by atoms with E-state index in [0.29, 0.717) is 10.6 Å². The Morgan fingerprint density at radius 3 is 2.69 bits per heavy atom. The van der Waals surface area contributed by atoms with Crippen molar-refractivity contribution >= 4 is 17.4 Å². The van der Waals surface area contributed by atoms with Crippen molar-refractivity contribution < 1.29 is 9.90 Å². The number of phenols is 1. The summed E-state index contributed by atoms with van der Waals surface area (Å²) in [6.07, 6.45) is 5.27. The lowest BCUT2D eigenvalue weighted by Crippen LogP contribution is -2.00. The van der Waals surface area contributed by atoms with Gasteiger partial charge in [0, 0.05) is 0 Å². The zero-order valence-corrected chi connectivity index (χ0v) is 10.1. The van der Waals surface area contributed by atoms with Crippen LogP contribution in [0.5, 0.6) is 5.75 Å². The molecule has 86 valence electrons. The molecule has 1 aliphatic rings. The molecule has 0 bridgehead atoms. The van der Waals surface area contributed by atoms with E-state index in [1.165, 1.54) is 13.3 Å². The van der Waals surface area contributed by atoms with Crippen LogP contribution >= 0.6 is 11.6 Å². The first-order chi connectivity index (χ1) is 7.61. The number of carbonyl (C=O) groups excluding carboxylic acids is 1. The normalized spacial score (nSPS) is 15.4. The average molecular weight is 239 g/mol. The van der Waals surface area contributed by atoms with Gasteiger partial charge in [-0.05, 0) is 49.8 Å². The predicted octanol–water partition coefficient (Wildman–Crippen LogP) is 3.52. The minimum Gasteiger partial charge on any atom is -0.506 e. The van der Waals surface area contributed by atoms with E-state index in [9.17, 15) is 9.90 Å². The number of rotatable bonds is 1. The molecular formula is C13H15ClO2. The lowest BCUT2D eigenvalue weighted by atomic mass is 9.97. The quantitative estimate of drug-likeness (QED) is 0.601. The minimum absolute atomic E-state index is 0.0465. The number of aryl methyl sites for hydroxylation is 1. The second-order valence-electron chi connectivity index (χ2n) is 4.34. The van der Waals surface area contributed by atoms with Crippen LogP contribution in [0, 0.1) is 0 Å². The van der Waals surface area contributed by atoms with E-state index in [1.807, 2.05) is 6.07 Å². The molecule has 0 heterocycles. The number of fused-ring (bicyclic) bond motifs is 1. The van der Waals surface area contributed by atoms with Gasteiger partial charge >= 0.3 is 0 Å². The lowest BCUT2D eigenvalue weighted by molar-refractivity contribution is 0.101. The molecule has 3 heteroatoms. The Morgan fingerprint density at radius 2 is 2.00 bits per heavy atom. The van der Waals surface area contributed by atoms with Crippen LogP contribution in [0.25, 0.3) is 0 Å². The van der Waals surface area contributed by atoms with Crippen molar-refractivity contribution in [2.75, 3.05) is 0 Å². The predicted molar refractivity (Wildman–Crippen MR) is 64.4 cm³/mol. The molecule has 0 spiro atoms. The summed E-state index contributed by atoms with van der Waals surface area (Å²) in [7, 11) is 0. The molecule has 0 atom stereocenters. The number of benzene rings is 1. The van der Waals surface area contributed by atoms with Crippen LogP contribution in [0.2, 0.25) is 5.02 Å². The lowest BCUT2D eigenvalue weighted by Gasteiger charge is -2.12. The van der Waals surface area contributed by atoms with Crippen LogP contribution in [-0.2, 0) is 12.8 Å². The molecule has 2 rings (SSSR count). The van der Waals surface area contributed by atoms with Gasteiger partial charge in [0.1, 0.15) is 5.75 Å². The maximum atomic E-state index is 11.4. The Morgan fingerprint density at radius 1 is 1.31 bits per heavy atom. The Labute approximate surface area is 100 Å². The molecule has 0 amide bonds. The second-order valence-corrected chi connectivity index (χ2v) is 4.72. The summed E-state index contributed by atoms with van der Waals surface area (Å²) in [4.78, 5) is 11.4. The third-order valence-corrected chi connectivity index (χ3v) is 3.59. The van der Waals surface area contributed by atoms with Crippen LogP contribution in [0.4, 0.5) is 0 Å². The first-order valence-corrected chi connectivity index (χ1v) is 6.03. The van der Waals surface area contributed by atoms with E-state index >= 15 is 0 Å². The number of hydrogen-bond donors (Lipinski definition) is 1. The van der Waals surface area contributed by atoms with Crippen molar-refractivity contribution in [2.24, 2.45) is 0 Å². The number of aromatic hydroxyl groups is 1. The molecule has 1 aromatic rings. The molecule has 0 radical (unpaired) electrons. The van der Waals surface area contributed by atoms with Gasteiger partial charge in [-0.1, -0.05) is 18.0 Å². The first-order valence-electron chi connectivity index (χ1n) is 5.65. The average Bonchev–Trinajstić information content (AvgIpc) is 2.48. The number of hydrogen-bond acceptors (Lipinski definition) is 2. The van der Waals surface area contributed by atoms with Gasteiger partial charge in [0.2, 0.25) is 0 Å². The summed E-state index contributed by atoms with van der Waals surface area (Å²) in [5.74, 6) is -0.179. The highest BCUT2D eigenvalue weighted by molar-refractivity contribution is 6.33. The van der Waals surface area contributed by atoms with E-state index < -0.39 is 0 Å².